The maximum Gasteiger partial charge on any atom is 0.0570 e. The molecule has 0 saturated heterocycles. The van der Waals surface area contributed by atoms with Crippen molar-refractivity contribution in [1.29, 1.82) is 0 Å². The minimum Gasteiger partial charge on any atom is -0.306 e. The fourth-order valence-corrected chi connectivity index (χ4v) is 2.44. The van der Waals surface area contributed by atoms with Gasteiger partial charge in [-0.2, -0.15) is 0 Å². The second-order valence-electron chi connectivity index (χ2n) is 4.87. The predicted octanol–water partition coefficient (Wildman–Crippen LogP) is 4.13. The summed E-state index contributed by atoms with van der Waals surface area (Å²) >= 11 is 3.46. The molecule has 19 heavy (non-hydrogen) atoms. The Balaban J connectivity index is 1.90. The molecule has 0 bridgehead atoms. The molecule has 2 nitrogen and oxygen atoms in total. The molecule has 1 N–H and O–H groups in total. The van der Waals surface area contributed by atoms with E-state index in [0.717, 1.165) is 16.6 Å². The lowest BCUT2D eigenvalue weighted by Gasteiger charge is -2.19. The van der Waals surface area contributed by atoms with E-state index >= 15 is 0 Å². The highest BCUT2D eigenvalue weighted by Crippen LogP contribution is 2.14. The van der Waals surface area contributed by atoms with E-state index in [4.69, 9.17) is 0 Å². The molecule has 2 rings (SSSR count). The molecule has 1 heterocycles. The largest absolute Gasteiger partial charge is 0.306 e. The molecular formula is C16H19BrN2. The Morgan fingerprint density at radius 3 is 2.47 bits per heavy atom. The van der Waals surface area contributed by atoms with Crippen molar-refractivity contribution in [2.75, 3.05) is 0 Å². The summed E-state index contributed by atoms with van der Waals surface area (Å²) in [6.45, 7) is 4.36. The minimum atomic E-state index is 0.270. The molecule has 0 aliphatic rings. The lowest BCUT2D eigenvalue weighted by molar-refractivity contribution is 0.470. The number of aromatic nitrogens is 1. The minimum absolute atomic E-state index is 0.270. The molecule has 0 radical (unpaired) electrons. The van der Waals surface area contributed by atoms with E-state index in [1.54, 1.807) is 0 Å². The van der Waals surface area contributed by atoms with Gasteiger partial charge in [-0.05, 0) is 50.1 Å². The van der Waals surface area contributed by atoms with Gasteiger partial charge in [0.15, 0.2) is 0 Å². The first kappa shape index (κ1) is 14.2. The highest BCUT2D eigenvalue weighted by molar-refractivity contribution is 9.10. The van der Waals surface area contributed by atoms with Crippen LogP contribution in [0.1, 0.15) is 31.1 Å². The molecule has 2 atom stereocenters. The second-order valence-corrected chi connectivity index (χ2v) is 5.79. The number of nitrogens with zero attached hydrogens (tertiary/aromatic N) is 1. The van der Waals surface area contributed by atoms with Crippen LogP contribution in [0.15, 0.2) is 53.1 Å². The van der Waals surface area contributed by atoms with Gasteiger partial charge in [-0.15, -0.1) is 0 Å². The fourth-order valence-electron chi connectivity index (χ4n) is 2.18. The van der Waals surface area contributed by atoms with Crippen LogP contribution in [-0.2, 0) is 6.42 Å². The van der Waals surface area contributed by atoms with Crippen molar-refractivity contribution in [3.05, 3.63) is 64.4 Å². The molecule has 0 spiro atoms. The third-order valence-electron chi connectivity index (χ3n) is 3.12. The number of pyridine rings is 1. The van der Waals surface area contributed by atoms with Crippen molar-refractivity contribution in [3.63, 3.8) is 0 Å². The van der Waals surface area contributed by atoms with Crippen LogP contribution < -0.4 is 5.32 Å². The standard InChI is InChI=1S/C16H19BrN2/c1-12(11-14-6-8-15(17)9-7-14)19-13(2)16-5-3-4-10-18-16/h3-10,12-13,19H,11H2,1-2H3/t12?,13-/m0/s1. The van der Waals surface area contributed by atoms with Gasteiger partial charge in [-0.25, -0.2) is 0 Å². The highest BCUT2D eigenvalue weighted by atomic mass is 79.9. The zero-order valence-corrected chi connectivity index (χ0v) is 12.9. The van der Waals surface area contributed by atoms with Crippen LogP contribution in [-0.4, -0.2) is 11.0 Å². The van der Waals surface area contributed by atoms with E-state index in [-0.39, 0.29) is 6.04 Å². The van der Waals surface area contributed by atoms with Crippen molar-refractivity contribution in [3.8, 4) is 0 Å². The molecule has 0 aliphatic heterocycles. The fraction of sp³-hybridized carbons (Fsp3) is 0.312. The van der Waals surface area contributed by atoms with E-state index in [1.165, 1.54) is 5.56 Å². The Morgan fingerprint density at radius 1 is 1.11 bits per heavy atom. The zero-order chi connectivity index (χ0) is 13.7. The van der Waals surface area contributed by atoms with Gasteiger partial charge in [0.25, 0.3) is 0 Å². The number of nitrogens with one attached hydrogen (secondary N) is 1. The lowest BCUT2D eigenvalue weighted by atomic mass is 10.1. The summed E-state index contributed by atoms with van der Waals surface area (Å²) in [7, 11) is 0. The molecule has 0 aliphatic carbocycles. The van der Waals surface area contributed by atoms with Crippen LogP contribution in [0.2, 0.25) is 0 Å². The Kier molecular flexibility index (Phi) is 5.11. The van der Waals surface area contributed by atoms with Crippen molar-refractivity contribution in [2.24, 2.45) is 0 Å². The number of hydrogen-bond acceptors (Lipinski definition) is 2. The average Bonchev–Trinajstić information content (AvgIpc) is 2.42. The van der Waals surface area contributed by atoms with Crippen LogP contribution >= 0.6 is 15.9 Å². The number of rotatable bonds is 5. The van der Waals surface area contributed by atoms with Gasteiger partial charge >= 0.3 is 0 Å². The normalized spacial score (nSPS) is 14.1. The van der Waals surface area contributed by atoms with Gasteiger partial charge in [-0.1, -0.05) is 34.1 Å². The maximum atomic E-state index is 4.38. The predicted molar refractivity (Wildman–Crippen MR) is 83.1 cm³/mol. The molecule has 0 saturated carbocycles. The molecular weight excluding hydrogens is 300 g/mol. The quantitative estimate of drug-likeness (QED) is 0.896. The number of benzene rings is 1. The van der Waals surface area contributed by atoms with Crippen LogP contribution in [0.4, 0.5) is 0 Å². The summed E-state index contributed by atoms with van der Waals surface area (Å²) in [6, 6.07) is 15.2. The summed E-state index contributed by atoms with van der Waals surface area (Å²) in [5, 5.41) is 3.58. The summed E-state index contributed by atoms with van der Waals surface area (Å²) in [5.74, 6) is 0. The van der Waals surface area contributed by atoms with E-state index in [2.05, 4.69) is 70.4 Å². The Morgan fingerprint density at radius 2 is 1.84 bits per heavy atom. The van der Waals surface area contributed by atoms with Crippen molar-refractivity contribution in [1.82, 2.24) is 10.3 Å². The maximum absolute atomic E-state index is 4.38. The van der Waals surface area contributed by atoms with Crippen molar-refractivity contribution in [2.45, 2.75) is 32.4 Å². The lowest BCUT2D eigenvalue weighted by Crippen LogP contribution is -2.31. The van der Waals surface area contributed by atoms with E-state index in [9.17, 15) is 0 Å². The first-order valence-electron chi connectivity index (χ1n) is 6.56. The van der Waals surface area contributed by atoms with Gasteiger partial charge in [0.2, 0.25) is 0 Å². The van der Waals surface area contributed by atoms with E-state index < -0.39 is 0 Å². The van der Waals surface area contributed by atoms with E-state index in [1.807, 2.05) is 18.3 Å². The van der Waals surface area contributed by atoms with Gasteiger partial charge in [0, 0.05) is 22.8 Å². The molecule has 1 aromatic heterocycles. The van der Waals surface area contributed by atoms with Crippen LogP contribution in [0.3, 0.4) is 0 Å². The zero-order valence-electron chi connectivity index (χ0n) is 11.3. The first-order valence-corrected chi connectivity index (χ1v) is 7.36. The van der Waals surface area contributed by atoms with E-state index in [0.29, 0.717) is 6.04 Å². The Bertz CT molecular complexity index is 496. The third kappa shape index (κ3) is 4.44. The van der Waals surface area contributed by atoms with Crippen LogP contribution in [0.5, 0.6) is 0 Å². The average molecular weight is 319 g/mol. The molecule has 2 aromatic rings. The smallest absolute Gasteiger partial charge is 0.0570 e. The monoisotopic (exact) mass is 318 g/mol. The van der Waals surface area contributed by atoms with Crippen LogP contribution in [0, 0.1) is 0 Å². The molecule has 1 aromatic carbocycles. The topological polar surface area (TPSA) is 24.9 Å². The van der Waals surface area contributed by atoms with Gasteiger partial charge < -0.3 is 5.32 Å². The molecule has 3 heteroatoms. The first-order chi connectivity index (χ1) is 9.15. The third-order valence-corrected chi connectivity index (χ3v) is 3.65. The second kappa shape index (κ2) is 6.83. The molecule has 1 unspecified atom stereocenters. The number of halogens is 1. The summed E-state index contributed by atoms with van der Waals surface area (Å²) in [4.78, 5) is 4.38. The molecule has 100 valence electrons. The van der Waals surface area contributed by atoms with Crippen molar-refractivity contribution < 1.29 is 0 Å². The number of hydrogen-bond donors (Lipinski definition) is 1. The molecule has 0 fully saturated rings. The molecule has 0 amide bonds. The van der Waals surface area contributed by atoms with Crippen LogP contribution in [0.25, 0.3) is 0 Å². The Hall–Kier alpha value is -1.19. The van der Waals surface area contributed by atoms with Gasteiger partial charge in [0.05, 0.1) is 5.69 Å². The van der Waals surface area contributed by atoms with Crippen molar-refractivity contribution >= 4 is 15.9 Å². The SMILES string of the molecule is CC(Cc1ccc(Br)cc1)N[C@@H](C)c1ccccn1. The Labute approximate surface area is 123 Å². The summed E-state index contributed by atoms with van der Waals surface area (Å²) < 4.78 is 1.12. The summed E-state index contributed by atoms with van der Waals surface area (Å²) in [5.41, 5.74) is 2.43. The summed E-state index contributed by atoms with van der Waals surface area (Å²) in [6.07, 6.45) is 2.86. The van der Waals surface area contributed by atoms with Gasteiger partial charge in [-0.3, -0.25) is 4.98 Å². The van der Waals surface area contributed by atoms with Gasteiger partial charge in [0.1, 0.15) is 0 Å². The highest BCUT2D eigenvalue weighted by Gasteiger charge is 2.10.